The van der Waals surface area contributed by atoms with Crippen LogP contribution in [0, 0.1) is 6.92 Å². The number of rotatable bonds is 3. The van der Waals surface area contributed by atoms with Crippen molar-refractivity contribution in [2.75, 3.05) is 0 Å². The summed E-state index contributed by atoms with van der Waals surface area (Å²) < 4.78 is 0. The molecule has 0 bridgehead atoms. The second-order valence-corrected chi connectivity index (χ2v) is 4.77. The van der Waals surface area contributed by atoms with E-state index in [0.717, 1.165) is 10.7 Å². The van der Waals surface area contributed by atoms with E-state index in [-0.39, 0.29) is 11.8 Å². The van der Waals surface area contributed by atoms with E-state index < -0.39 is 5.97 Å². The SMILES string of the molecule is Cc1nc(C(C)(C)CC(=O)O)cs1. The van der Waals surface area contributed by atoms with Crippen LogP contribution in [0.4, 0.5) is 0 Å². The molecular weight excluding hydrogens is 186 g/mol. The number of hydrogen-bond donors (Lipinski definition) is 1. The van der Waals surface area contributed by atoms with Crippen LogP contribution in [0.2, 0.25) is 0 Å². The summed E-state index contributed by atoms with van der Waals surface area (Å²) >= 11 is 1.55. The lowest BCUT2D eigenvalue weighted by Crippen LogP contribution is -2.22. The van der Waals surface area contributed by atoms with Crippen LogP contribution >= 0.6 is 11.3 Å². The Morgan fingerprint density at radius 1 is 1.69 bits per heavy atom. The number of aliphatic carboxylic acids is 1. The molecule has 0 fully saturated rings. The van der Waals surface area contributed by atoms with Gasteiger partial charge < -0.3 is 5.11 Å². The fourth-order valence-corrected chi connectivity index (χ4v) is 1.95. The van der Waals surface area contributed by atoms with Crippen LogP contribution in [0.5, 0.6) is 0 Å². The van der Waals surface area contributed by atoms with Crippen molar-refractivity contribution in [3.8, 4) is 0 Å². The minimum Gasteiger partial charge on any atom is -0.481 e. The number of nitrogens with zero attached hydrogens (tertiary/aromatic N) is 1. The molecule has 3 nitrogen and oxygen atoms in total. The lowest BCUT2D eigenvalue weighted by Gasteiger charge is -2.19. The zero-order chi connectivity index (χ0) is 10.1. The minimum atomic E-state index is -0.782. The van der Waals surface area contributed by atoms with E-state index in [2.05, 4.69) is 4.98 Å². The lowest BCUT2D eigenvalue weighted by molar-refractivity contribution is -0.138. The molecule has 4 heteroatoms. The van der Waals surface area contributed by atoms with Gasteiger partial charge in [-0.2, -0.15) is 0 Å². The third kappa shape index (κ3) is 2.52. The number of carbonyl (C=O) groups is 1. The first-order valence-corrected chi connectivity index (χ1v) is 4.94. The Balaban J connectivity index is 2.86. The summed E-state index contributed by atoms with van der Waals surface area (Å²) in [5, 5.41) is 11.6. The first kappa shape index (κ1) is 10.2. The Morgan fingerprint density at radius 2 is 2.31 bits per heavy atom. The highest BCUT2D eigenvalue weighted by Crippen LogP contribution is 2.27. The van der Waals surface area contributed by atoms with E-state index >= 15 is 0 Å². The molecule has 13 heavy (non-hydrogen) atoms. The molecule has 0 spiro atoms. The molecule has 1 aromatic heterocycles. The highest BCUT2D eigenvalue weighted by atomic mass is 32.1. The molecule has 72 valence electrons. The molecule has 0 amide bonds. The number of thiazole rings is 1. The average Bonchev–Trinajstić information content (AvgIpc) is 2.32. The first-order chi connectivity index (χ1) is 5.92. The van der Waals surface area contributed by atoms with E-state index in [9.17, 15) is 4.79 Å². The van der Waals surface area contributed by atoms with E-state index in [1.807, 2.05) is 26.2 Å². The van der Waals surface area contributed by atoms with Gasteiger partial charge >= 0.3 is 5.97 Å². The van der Waals surface area contributed by atoms with Gasteiger partial charge in [-0.1, -0.05) is 13.8 Å². The maximum atomic E-state index is 10.6. The Morgan fingerprint density at radius 3 is 2.69 bits per heavy atom. The van der Waals surface area contributed by atoms with Crippen LogP contribution in [-0.2, 0) is 10.2 Å². The highest BCUT2D eigenvalue weighted by molar-refractivity contribution is 7.09. The predicted octanol–water partition coefficient (Wildman–Crippen LogP) is 2.20. The quantitative estimate of drug-likeness (QED) is 0.812. The summed E-state index contributed by atoms with van der Waals surface area (Å²) in [5.41, 5.74) is 0.508. The molecule has 1 heterocycles. The zero-order valence-corrected chi connectivity index (χ0v) is 8.81. The van der Waals surface area contributed by atoms with Gasteiger partial charge in [0.1, 0.15) is 0 Å². The van der Waals surface area contributed by atoms with Crippen molar-refractivity contribution in [1.82, 2.24) is 4.98 Å². The molecule has 0 saturated heterocycles. The number of aromatic nitrogens is 1. The number of aryl methyl sites for hydroxylation is 1. The number of hydrogen-bond acceptors (Lipinski definition) is 3. The predicted molar refractivity (Wildman–Crippen MR) is 52.1 cm³/mol. The summed E-state index contributed by atoms with van der Waals surface area (Å²) in [4.78, 5) is 14.9. The van der Waals surface area contributed by atoms with Gasteiger partial charge in [-0.25, -0.2) is 4.98 Å². The van der Waals surface area contributed by atoms with Gasteiger partial charge in [0.25, 0.3) is 0 Å². The molecular formula is C9H13NO2S. The van der Waals surface area contributed by atoms with Gasteiger partial charge in [0.05, 0.1) is 17.1 Å². The van der Waals surface area contributed by atoms with Crippen LogP contribution in [0.25, 0.3) is 0 Å². The van der Waals surface area contributed by atoms with E-state index in [1.54, 1.807) is 11.3 Å². The fourth-order valence-electron chi connectivity index (χ4n) is 1.14. The van der Waals surface area contributed by atoms with Gasteiger partial charge in [0.15, 0.2) is 0 Å². The van der Waals surface area contributed by atoms with Crippen molar-refractivity contribution in [3.05, 3.63) is 16.1 Å². The third-order valence-corrected chi connectivity index (χ3v) is 2.68. The van der Waals surface area contributed by atoms with Crippen molar-refractivity contribution in [2.24, 2.45) is 0 Å². The molecule has 0 aliphatic carbocycles. The highest BCUT2D eigenvalue weighted by Gasteiger charge is 2.26. The number of carboxylic acids is 1. The van der Waals surface area contributed by atoms with Crippen molar-refractivity contribution in [3.63, 3.8) is 0 Å². The van der Waals surface area contributed by atoms with Crippen molar-refractivity contribution >= 4 is 17.3 Å². The Bertz CT molecular complexity index is 317. The smallest absolute Gasteiger partial charge is 0.304 e. The summed E-state index contributed by atoms with van der Waals surface area (Å²) in [6, 6.07) is 0. The van der Waals surface area contributed by atoms with E-state index in [1.165, 1.54) is 0 Å². The molecule has 0 saturated carbocycles. The van der Waals surface area contributed by atoms with Gasteiger partial charge in [0, 0.05) is 10.8 Å². The van der Waals surface area contributed by atoms with E-state index in [4.69, 9.17) is 5.11 Å². The molecule has 1 N–H and O–H groups in total. The summed E-state index contributed by atoms with van der Waals surface area (Å²) in [7, 11) is 0. The molecule has 1 rings (SSSR count). The van der Waals surface area contributed by atoms with E-state index in [0.29, 0.717) is 0 Å². The Kier molecular flexibility index (Phi) is 2.71. The lowest BCUT2D eigenvalue weighted by atomic mass is 9.86. The van der Waals surface area contributed by atoms with Crippen LogP contribution in [0.15, 0.2) is 5.38 Å². The van der Waals surface area contributed by atoms with Crippen molar-refractivity contribution in [1.29, 1.82) is 0 Å². The van der Waals surface area contributed by atoms with Crippen LogP contribution < -0.4 is 0 Å². The second-order valence-electron chi connectivity index (χ2n) is 3.71. The fraction of sp³-hybridized carbons (Fsp3) is 0.556. The molecule has 0 unspecified atom stereocenters. The maximum Gasteiger partial charge on any atom is 0.304 e. The molecule has 1 aromatic rings. The standard InChI is InChI=1S/C9H13NO2S/c1-6-10-7(5-13-6)9(2,3)4-8(11)12/h5H,4H2,1-3H3,(H,11,12). The van der Waals surface area contributed by atoms with Crippen LogP contribution in [0.3, 0.4) is 0 Å². The molecule has 0 aromatic carbocycles. The summed E-state index contributed by atoms with van der Waals surface area (Å²) in [6.45, 7) is 5.72. The molecule has 0 aliphatic rings. The van der Waals surface area contributed by atoms with Gasteiger partial charge in [-0.15, -0.1) is 11.3 Å². The van der Waals surface area contributed by atoms with Gasteiger partial charge in [-0.3, -0.25) is 4.79 Å². The topological polar surface area (TPSA) is 50.2 Å². The van der Waals surface area contributed by atoms with Crippen LogP contribution in [-0.4, -0.2) is 16.1 Å². The summed E-state index contributed by atoms with van der Waals surface area (Å²) in [5.74, 6) is -0.782. The largest absolute Gasteiger partial charge is 0.481 e. The van der Waals surface area contributed by atoms with Crippen molar-refractivity contribution in [2.45, 2.75) is 32.6 Å². The third-order valence-electron chi connectivity index (χ3n) is 1.91. The van der Waals surface area contributed by atoms with Gasteiger partial charge in [-0.05, 0) is 6.92 Å². The molecule has 0 radical (unpaired) electrons. The monoisotopic (exact) mass is 199 g/mol. The van der Waals surface area contributed by atoms with Gasteiger partial charge in [0.2, 0.25) is 0 Å². The summed E-state index contributed by atoms with van der Waals surface area (Å²) in [6.07, 6.45) is 0.121. The van der Waals surface area contributed by atoms with Crippen LogP contribution in [0.1, 0.15) is 31.0 Å². The maximum absolute atomic E-state index is 10.6. The average molecular weight is 199 g/mol. The molecule has 0 aliphatic heterocycles. The second kappa shape index (κ2) is 3.46. The zero-order valence-electron chi connectivity index (χ0n) is 8.00. The Labute approximate surface area is 81.4 Å². The van der Waals surface area contributed by atoms with Crippen molar-refractivity contribution < 1.29 is 9.90 Å². The number of carboxylic acid groups (broad SMARTS) is 1. The first-order valence-electron chi connectivity index (χ1n) is 4.06. The molecule has 0 atom stereocenters. The normalized spacial score (nSPS) is 11.6. The minimum absolute atomic E-state index is 0.121. The Hall–Kier alpha value is -0.900.